The van der Waals surface area contributed by atoms with Crippen LogP contribution in [0.4, 0.5) is 0 Å². The van der Waals surface area contributed by atoms with Gasteiger partial charge in [0.15, 0.2) is 0 Å². The molecule has 0 aliphatic heterocycles. The van der Waals surface area contributed by atoms with E-state index >= 15 is 0 Å². The molecule has 1 amide bonds. The van der Waals surface area contributed by atoms with Crippen LogP contribution < -0.4 is 5.32 Å². The third kappa shape index (κ3) is 55.2. The summed E-state index contributed by atoms with van der Waals surface area (Å²) >= 11 is 0. The van der Waals surface area contributed by atoms with Gasteiger partial charge in [0.1, 0.15) is 13.2 Å². The smallest absolute Gasteiger partial charge is 0.391 e. The Bertz CT molecular complexity index is 1490. The molecule has 0 radical (unpaired) electrons. The van der Waals surface area contributed by atoms with E-state index in [9.17, 15) is 19.4 Å². The van der Waals surface area contributed by atoms with Gasteiger partial charge in [0.2, 0.25) is 5.91 Å². The number of allylic oxidation sites excluding steroid dienone is 16. The van der Waals surface area contributed by atoms with Gasteiger partial charge in [-0.05, 0) is 77.0 Å². The van der Waals surface area contributed by atoms with Gasteiger partial charge in [0.25, 0.3) is 0 Å². The van der Waals surface area contributed by atoms with Gasteiger partial charge in [-0.3, -0.25) is 13.8 Å². The van der Waals surface area contributed by atoms with Crippen molar-refractivity contribution in [2.45, 2.75) is 257 Å². The van der Waals surface area contributed by atoms with Crippen LogP contribution in [0.1, 0.15) is 245 Å². The van der Waals surface area contributed by atoms with Crippen LogP contribution in [0.5, 0.6) is 0 Å². The predicted molar refractivity (Wildman–Crippen MR) is 313 cm³/mol. The number of likely N-dealkylation sites (N-methyl/N-ethyl adjacent to an activating group) is 1. The molecule has 3 N–H and O–H groups in total. The maximum Gasteiger partial charge on any atom is 0.472 e. The Balaban J connectivity index is 3.89. The molecule has 0 saturated carbocycles. The molecule has 9 heteroatoms. The molecule has 0 heterocycles. The Morgan fingerprint density at radius 3 is 1.22 bits per heavy atom. The highest BCUT2D eigenvalue weighted by Crippen LogP contribution is 2.43. The second-order valence-electron chi connectivity index (χ2n) is 21.0. The first-order chi connectivity index (χ1) is 35.0. The van der Waals surface area contributed by atoms with Gasteiger partial charge in [0.05, 0.1) is 39.9 Å². The minimum Gasteiger partial charge on any atom is -0.391 e. The summed E-state index contributed by atoms with van der Waals surface area (Å²) in [5.41, 5.74) is 0. The van der Waals surface area contributed by atoms with Crippen LogP contribution >= 0.6 is 7.82 Å². The monoisotopic (exact) mass is 1030 g/mol. The fraction of sp³-hybridized carbons (Fsp3) is 0.730. The first-order valence-electron chi connectivity index (χ1n) is 29.6. The minimum absolute atomic E-state index is 0.0723. The van der Waals surface area contributed by atoms with Crippen LogP contribution in [0.2, 0.25) is 0 Å². The predicted octanol–water partition coefficient (Wildman–Crippen LogP) is 18.2. The number of nitrogens with zero attached hydrogens (tertiary/aromatic N) is 1. The van der Waals surface area contributed by atoms with Gasteiger partial charge >= 0.3 is 7.82 Å². The number of phosphoric acid groups is 1. The second-order valence-corrected chi connectivity index (χ2v) is 22.4. The number of hydrogen-bond acceptors (Lipinski definition) is 5. The highest BCUT2D eigenvalue weighted by molar-refractivity contribution is 7.47. The van der Waals surface area contributed by atoms with Crippen LogP contribution in [0.25, 0.3) is 0 Å². The molecule has 3 unspecified atom stereocenters. The molecule has 0 aromatic carbocycles. The third-order valence-corrected chi connectivity index (χ3v) is 13.8. The molecule has 3 atom stereocenters. The lowest BCUT2D eigenvalue weighted by Crippen LogP contribution is -2.46. The molecule has 0 aromatic heterocycles. The highest BCUT2D eigenvalue weighted by Gasteiger charge is 2.28. The van der Waals surface area contributed by atoms with Crippen molar-refractivity contribution in [1.82, 2.24) is 5.32 Å². The van der Waals surface area contributed by atoms with Gasteiger partial charge in [-0.2, -0.15) is 0 Å². The zero-order valence-corrected chi connectivity index (χ0v) is 48.3. The Hall–Kier alpha value is -2.58. The van der Waals surface area contributed by atoms with E-state index in [4.69, 9.17) is 9.05 Å². The third-order valence-electron chi connectivity index (χ3n) is 12.8. The lowest BCUT2D eigenvalue weighted by atomic mass is 10.0. The van der Waals surface area contributed by atoms with Gasteiger partial charge in [-0.25, -0.2) is 4.57 Å². The van der Waals surface area contributed by atoms with E-state index < -0.39 is 20.0 Å². The number of carbonyl (C=O) groups is 1. The van der Waals surface area contributed by atoms with Crippen molar-refractivity contribution in [3.63, 3.8) is 0 Å². The van der Waals surface area contributed by atoms with Gasteiger partial charge in [0, 0.05) is 6.42 Å². The first kappa shape index (κ1) is 69.4. The van der Waals surface area contributed by atoms with Crippen LogP contribution in [0, 0.1) is 0 Å². The number of carbonyl (C=O) groups excluding carboxylic acids is 1. The zero-order chi connectivity index (χ0) is 52.7. The van der Waals surface area contributed by atoms with Crippen molar-refractivity contribution in [1.29, 1.82) is 0 Å². The summed E-state index contributed by atoms with van der Waals surface area (Å²) < 4.78 is 23.7. The Morgan fingerprint density at radius 1 is 0.486 bits per heavy atom. The van der Waals surface area contributed by atoms with Crippen molar-refractivity contribution in [2.75, 3.05) is 40.9 Å². The maximum atomic E-state index is 12.9. The normalized spacial score (nSPS) is 14.6. The number of rotatable bonds is 53. The van der Waals surface area contributed by atoms with Crippen LogP contribution in [0.15, 0.2) is 97.2 Å². The van der Waals surface area contributed by atoms with Crippen molar-refractivity contribution < 1.29 is 32.9 Å². The fourth-order valence-electron chi connectivity index (χ4n) is 8.24. The van der Waals surface area contributed by atoms with Crippen molar-refractivity contribution in [2.24, 2.45) is 0 Å². The summed E-state index contributed by atoms with van der Waals surface area (Å²) in [6, 6.07) is -0.762. The van der Waals surface area contributed by atoms with Gasteiger partial charge in [-0.1, -0.05) is 259 Å². The first-order valence-corrected chi connectivity index (χ1v) is 31.1. The van der Waals surface area contributed by atoms with Crippen LogP contribution in [-0.2, 0) is 18.4 Å². The number of hydrogen-bond donors (Lipinski definition) is 3. The van der Waals surface area contributed by atoms with E-state index in [0.29, 0.717) is 23.9 Å². The standard InChI is InChI=1S/C63H113N2O6P/c1-6-8-10-12-14-16-17-18-19-20-21-22-23-24-25-26-27-28-29-30-31-32-33-34-35-36-37-38-39-40-41-42-43-44-45-46-47-49-51-53-55-57-63(67)64-61(60-71-72(68,69)70-59-58-65(3,4)5)62(66)56-54-52-50-48-15-13-11-9-7-2/h8,10,14,16,18-19,21-22,24-25,27-28,30-31,33-34,61-62,66H,6-7,9,11-13,15,17,20,23,26,29,32,35-60H2,1-5H3,(H-,64,67,68,69)/p+1/b10-8-,16-14-,19-18-,22-21-,25-24-,28-27-,31-30-,34-33-. The topological polar surface area (TPSA) is 105 Å². The van der Waals surface area contributed by atoms with E-state index in [1.807, 2.05) is 21.1 Å². The highest BCUT2D eigenvalue weighted by atomic mass is 31.2. The SMILES string of the molecule is CC/C=C\C/C=C\C/C=C\C/C=C\C/C=C\C/C=C\C/C=C\C/C=C\CCCCCCCCCCCCCCCCCCC(=O)NC(COP(=O)(O)OCC[N+](C)(C)C)C(O)CCCCCCCCCCC. The molecule has 0 aromatic rings. The molecule has 416 valence electrons. The average molecular weight is 1030 g/mol. The van der Waals surface area contributed by atoms with Crippen molar-refractivity contribution >= 4 is 13.7 Å². The summed E-state index contributed by atoms with van der Waals surface area (Å²) in [5, 5.41) is 13.9. The van der Waals surface area contributed by atoms with E-state index in [1.54, 1.807) is 0 Å². The number of aliphatic hydroxyl groups excluding tert-OH is 1. The number of nitrogens with one attached hydrogen (secondary N) is 1. The molecule has 72 heavy (non-hydrogen) atoms. The molecule has 0 spiro atoms. The van der Waals surface area contributed by atoms with Crippen LogP contribution in [-0.4, -0.2) is 73.4 Å². The molecular formula is C63H114N2O6P+. The van der Waals surface area contributed by atoms with Gasteiger partial charge in [-0.15, -0.1) is 0 Å². The molecule has 0 saturated heterocycles. The molecular weight excluding hydrogens is 912 g/mol. The minimum atomic E-state index is -4.32. The molecule has 0 aliphatic rings. The summed E-state index contributed by atoms with van der Waals surface area (Å²) in [5.74, 6) is -0.148. The molecule has 0 fully saturated rings. The number of aliphatic hydroxyl groups is 1. The molecule has 0 rings (SSSR count). The van der Waals surface area contributed by atoms with E-state index in [1.165, 1.54) is 128 Å². The summed E-state index contributed by atoms with van der Waals surface area (Å²) in [6.45, 7) is 4.74. The largest absolute Gasteiger partial charge is 0.472 e. The van der Waals surface area contributed by atoms with E-state index in [2.05, 4.69) is 116 Å². The summed E-state index contributed by atoms with van der Waals surface area (Å²) in [4.78, 5) is 23.2. The number of quaternary nitrogens is 1. The number of unbranched alkanes of at least 4 members (excludes halogenated alkanes) is 24. The lowest BCUT2D eigenvalue weighted by molar-refractivity contribution is -0.870. The molecule has 0 aliphatic carbocycles. The van der Waals surface area contributed by atoms with E-state index in [0.717, 1.165) is 89.9 Å². The Labute approximate surface area is 445 Å². The molecule has 8 nitrogen and oxygen atoms in total. The Kier molecular flexibility index (Phi) is 51.3. The van der Waals surface area contributed by atoms with Crippen LogP contribution in [0.3, 0.4) is 0 Å². The Morgan fingerprint density at radius 2 is 0.833 bits per heavy atom. The maximum absolute atomic E-state index is 12.9. The molecule has 0 bridgehead atoms. The van der Waals surface area contributed by atoms with Crippen molar-refractivity contribution in [3.8, 4) is 0 Å². The second kappa shape index (κ2) is 53.3. The zero-order valence-electron chi connectivity index (χ0n) is 47.4. The lowest BCUT2D eigenvalue weighted by Gasteiger charge is -2.26. The average Bonchev–Trinajstić information content (AvgIpc) is 3.34. The van der Waals surface area contributed by atoms with Gasteiger partial charge < -0.3 is 19.8 Å². The van der Waals surface area contributed by atoms with Crippen molar-refractivity contribution in [3.05, 3.63) is 97.2 Å². The summed E-state index contributed by atoms with van der Waals surface area (Å²) in [7, 11) is 1.61. The number of phosphoric ester groups is 1. The fourth-order valence-corrected chi connectivity index (χ4v) is 8.98. The quantitative estimate of drug-likeness (QED) is 0.0243. The number of amides is 1. The summed E-state index contributed by atoms with van der Waals surface area (Å²) in [6.07, 6.45) is 76.4. The van der Waals surface area contributed by atoms with E-state index in [-0.39, 0.29) is 19.1 Å².